The molecule has 5 heavy (non-hydrogen) atoms. The Morgan fingerprint density at radius 2 is 1.20 bits per heavy atom. The third kappa shape index (κ3) is 55.1. The van der Waals surface area contributed by atoms with Gasteiger partial charge in [0.2, 0.25) is 0 Å². The first-order valence-corrected chi connectivity index (χ1v) is 0.894. The van der Waals surface area contributed by atoms with Crippen molar-refractivity contribution in [1.29, 1.82) is 0 Å². The first kappa shape index (κ1) is 17.0. The minimum absolute atomic E-state index is 0. The first-order chi connectivity index (χ1) is 1.41. The van der Waals surface area contributed by atoms with Crippen molar-refractivity contribution in [2.24, 2.45) is 0 Å². The molecule has 1 nitrogen and oxygen atoms in total. The minimum Gasteiger partial charge on any atom is -0.668 e. The van der Waals surface area contributed by atoms with E-state index < -0.39 is 0 Å². The Bertz CT molecular complexity index is 6.85. The van der Waals surface area contributed by atoms with E-state index in [0.717, 1.165) is 0 Å². The van der Waals surface area contributed by atoms with E-state index in [1.807, 2.05) is 0 Å². The van der Waals surface area contributed by atoms with E-state index >= 15 is 0 Å². The smallest absolute Gasteiger partial charge is 0.668 e. The molecule has 0 aromatic carbocycles. The fourth-order valence-electron chi connectivity index (χ4n) is 0. The van der Waals surface area contributed by atoms with Crippen molar-refractivity contribution < 1.29 is 26.2 Å². The van der Waals surface area contributed by atoms with E-state index in [0.29, 0.717) is 0 Å². The summed E-state index contributed by atoms with van der Waals surface area (Å²) in [6, 6.07) is 0. The molecular weight excluding hydrogens is 141 g/mol. The zero-order valence-electron chi connectivity index (χ0n) is 3.95. The molecule has 0 N–H and O–H groups in total. The fourth-order valence-corrected chi connectivity index (χ4v) is 0. The fraction of sp³-hybridized carbons (Fsp3) is 0.667. The van der Waals surface area contributed by atoms with E-state index in [1.54, 1.807) is 14.1 Å². The summed E-state index contributed by atoms with van der Waals surface area (Å²) in [6.07, 6.45) is 0. The summed E-state index contributed by atoms with van der Waals surface area (Å²) in [5.41, 5.74) is 0. The summed E-state index contributed by atoms with van der Waals surface area (Å²) < 4.78 is 0. The van der Waals surface area contributed by atoms with Crippen LogP contribution in [0.5, 0.6) is 0 Å². The third-order valence-electron chi connectivity index (χ3n) is 0. The summed E-state index contributed by atoms with van der Waals surface area (Å²) in [7, 11) is 3.50. The van der Waals surface area contributed by atoms with Crippen LogP contribution in [0.25, 0.3) is 5.32 Å². The summed E-state index contributed by atoms with van der Waals surface area (Å²) in [5, 5.41) is 3.50. The number of hydrogen-bond donors (Lipinski definition) is 0. The molecule has 0 amide bonds. The van der Waals surface area contributed by atoms with Gasteiger partial charge in [-0.3, -0.25) is 0 Å². The number of rotatable bonds is 0. The number of nitrogens with zero attached hydrogens (tertiary/aromatic N) is 1. The van der Waals surface area contributed by atoms with Crippen LogP contribution in [0.1, 0.15) is 0 Å². The van der Waals surface area contributed by atoms with Crippen molar-refractivity contribution in [3.8, 4) is 0 Å². The van der Waals surface area contributed by atoms with E-state index in [2.05, 4.69) is 5.32 Å². The van der Waals surface area contributed by atoms with Gasteiger partial charge < -0.3 is 12.7 Å². The Morgan fingerprint density at radius 1 is 1.20 bits per heavy atom. The summed E-state index contributed by atoms with van der Waals surface area (Å²) in [5.74, 6) is 0. The van der Waals surface area contributed by atoms with Gasteiger partial charge in [0.25, 0.3) is 0 Å². The van der Waals surface area contributed by atoms with Crippen LogP contribution >= 0.6 is 0 Å². The van der Waals surface area contributed by atoms with Gasteiger partial charge in [-0.15, -0.1) is 0 Å². The van der Waals surface area contributed by atoms with Crippen LogP contribution in [-0.4, -0.2) is 14.1 Å². The van der Waals surface area contributed by atoms with Crippen LogP contribution in [-0.2, 0) is 26.2 Å². The molecule has 0 rings (SSSR count). The van der Waals surface area contributed by atoms with Gasteiger partial charge in [0.15, 0.2) is 0 Å². The molecule has 2 heteroatoms. The average molecular weight is 150 g/mol. The maximum atomic E-state index is 3.50. The molecule has 0 heterocycles. The molecule has 0 aliphatic rings. The van der Waals surface area contributed by atoms with Crippen LogP contribution < -0.4 is 0 Å². The molecule has 0 fully saturated rings. The van der Waals surface area contributed by atoms with Crippen LogP contribution in [0.2, 0.25) is 0 Å². The first-order valence-electron chi connectivity index (χ1n) is 0.894. The zero-order valence-corrected chi connectivity index (χ0v) is 6.41. The molecule has 0 saturated heterocycles. The summed E-state index contributed by atoms with van der Waals surface area (Å²) >= 11 is 0. The predicted molar refractivity (Wildman–Crippen MR) is 21.6 cm³/mol. The monoisotopic (exact) mass is 149 g/mol. The molecule has 0 aromatic rings. The molecule has 0 spiro atoms. The normalized spacial score (nSPS) is 3.60. The second-order valence-corrected chi connectivity index (χ2v) is 0.447. The molecule has 0 aliphatic carbocycles. The Kier molecular flexibility index (Phi) is 71.4. The van der Waals surface area contributed by atoms with Crippen LogP contribution in [0.4, 0.5) is 0 Å². The van der Waals surface area contributed by atoms with Crippen LogP contribution in [0.15, 0.2) is 0 Å². The minimum atomic E-state index is 0. The molecule has 0 aliphatic heterocycles. The Hall–Kier alpha value is 0.843. The SMILES string of the molecule is C[N-]C.[CH3-].[Zr+2]. The van der Waals surface area contributed by atoms with E-state index in [1.165, 1.54) is 0 Å². The maximum absolute atomic E-state index is 3.50. The Labute approximate surface area is 53.3 Å². The largest absolute Gasteiger partial charge is 2.00 e. The maximum Gasteiger partial charge on any atom is 2.00 e. The topological polar surface area (TPSA) is 14.1 Å². The van der Waals surface area contributed by atoms with Crippen LogP contribution in [0, 0.1) is 7.43 Å². The van der Waals surface area contributed by atoms with E-state index in [4.69, 9.17) is 0 Å². The van der Waals surface area contributed by atoms with Gasteiger partial charge in [-0.25, -0.2) is 0 Å². The van der Waals surface area contributed by atoms with Crippen molar-refractivity contribution in [3.05, 3.63) is 12.7 Å². The van der Waals surface area contributed by atoms with Crippen molar-refractivity contribution in [3.63, 3.8) is 0 Å². The van der Waals surface area contributed by atoms with Gasteiger partial charge in [-0.2, -0.15) is 14.1 Å². The third-order valence-corrected chi connectivity index (χ3v) is 0. The van der Waals surface area contributed by atoms with Crippen LogP contribution in [0.3, 0.4) is 0 Å². The van der Waals surface area contributed by atoms with Gasteiger partial charge in [0.05, 0.1) is 0 Å². The van der Waals surface area contributed by atoms with E-state index in [9.17, 15) is 0 Å². The standard InChI is InChI=1S/C2H6N.CH3.Zr/c1-3-2;;/h1-2H3;1H3;/q2*-1;+2. The van der Waals surface area contributed by atoms with Crippen molar-refractivity contribution in [1.82, 2.24) is 0 Å². The summed E-state index contributed by atoms with van der Waals surface area (Å²) in [4.78, 5) is 0. The molecule has 30 valence electrons. The quantitative estimate of drug-likeness (QED) is 0.459. The molecule has 0 saturated carbocycles. The predicted octanol–water partition coefficient (Wildman–Crippen LogP) is 1.07. The Morgan fingerprint density at radius 3 is 1.20 bits per heavy atom. The Balaban J connectivity index is -0.0000000200. The molecule has 0 aromatic heterocycles. The van der Waals surface area contributed by atoms with Gasteiger partial charge in [0.1, 0.15) is 0 Å². The molecule has 0 atom stereocenters. The molecular formula is C3H9NZr. The van der Waals surface area contributed by atoms with Crippen molar-refractivity contribution in [2.75, 3.05) is 14.1 Å². The van der Waals surface area contributed by atoms with Gasteiger partial charge in [-0.05, 0) is 0 Å². The van der Waals surface area contributed by atoms with Gasteiger partial charge >= 0.3 is 26.2 Å². The van der Waals surface area contributed by atoms with Crippen molar-refractivity contribution >= 4 is 0 Å². The second-order valence-electron chi connectivity index (χ2n) is 0.447. The number of hydrogen-bond acceptors (Lipinski definition) is 0. The zero-order chi connectivity index (χ0) is 2.71. The molecule has 0 bridgehead atoms. The molecule has 0 unspecified atom stereocenters. The average Bonchev–Trinajstić information content (AvgIpc) is 0.918. The van der Waals surface area contributed by atoms with Gasteiger partial charge in [0, 0.05) is 0 Å². The molecule has 0 radical (unpaired) electrons. The van der Waals surface area contributed by atoms with E-state index in [-0.39, 0.29) is 33.6 Å². The van der Waals surface area contributed by atoms with Gasteiger partial charge in [-0.1, -0.05) is 0 Å². The van der Waals surface area contributed by atoms with Crippen molar-refractivity contribution in [2.45, 2.75) is 0 Å². The second kappa shape index (κ2) is 21.1. The summed E-state index contributed by atoms with van der Waals surface area (Å²) in [6.45, 7) is 0.